The number of aliphatic hydroxyl groups excluding tert-OH is 2. The first kappa shape index (κ1) is 26.6. The third-order valence-corrected chi connectivity index (χ3v) is 4.08. The van der Waals surface area contributed by atoms with E-state index >= 15 is 0 Å². The molecule has 29 heavy (non-hydrogen) atoms. The van der Waals surface area contributed by atoms with Crippen LogP contribution >= 0.6 is 12.6 Å². The van der Waals surface area contributed by atoms with Gasteiger partial charge in [-0.05, 0) is 13.3 Å². The molecular formula is C15H27N5O8S. The monoisotopic (exact) mass is 437 g/mol. The zero-order valence-corrected chi connectivity index (χ0v) is 16.6. The lowest BCUT2D eigenvalue weighted by Gasteiger charge is -2.25. The second-order valence-electron chi connectivity index (χ2n) is 6.16. The SMILES string of the molecule is CC(O)C(NC(=O)C(CO)NC(=O)C(N)CCC(N)=O)C(=O)NC(CS)C(=O)O. The summed E-state index contributed by atoms with van der Waals surface area (Å²) in [7, 11) is 0. The van der Waals surface area contributed by atoms with Crippen LogP contribution in [0.4, 0.5) is 0 Å². The van der Waals surface area contributed by atoms with Crippen molar-refractivity contribution in [2.45, 2.75) is 50.0 Å². The molecule has 0 fully saturated rings. The molecule has 0 bridgehead atoms. The van der Waals surface area contributed by atoms with Crippen LogP contribution in [0.3, 0.4) is 0 Å². The Balaban J connectivity index is 5.04. The Morgan fingerprint density at radius 1 is 1.00 bits per heavy atom. The van der Waals surface area contributed by atoms with Gasteiger partial charge in [0.05, 0.1) is 18.8 Å². The number of carbonyl (C=O) groups excluding carboxylic acids is 4. The van der Waals surface area contributed by atoms with Crippen molar-refractivity contribution in [3.8, 4) is 0 Å². The summed E-state index contributed by atoms with van der Waals surface area (Å²) >= 11 is 3.79. The highest BCUT2D eigenvalue weighted by molar-refractivity contribution is 7.80. The average molecular weight is 437 g/mol. The van der Waals surface area contributed by atoms with Crippen molar-refractivity contribution >= 4 is 42.2 Å². The summed E-state index contributed by atoms with van der Waals surface area (Å²) in [5.41, 5.74) is 10.5. The number of carboxylic acids is 1. The number of aliphatic hydroxyl groups is 2. The van der Waals surface area contributed by atoms with E-state index in [0.29, 0.717) is 0 Å². The Hall–Kier alpha value is -2.42. The average Bonchev–Trinajstić information content (AvgIpc) is 2.64. The number of amides is 4. The Morgan fingerprint density at radius 3 is 1.97 bits per heavy atom. The molecule has 0 aromatic heterocycles. The number of aliphatic carboxylic acids is 1. The van der Waals surface area contributed by atoms with E-state index in [9.17, 15) is 34.2 Å². The van der Waals surface area contributed by atoms with E-state index in [1.807, 2.05) is 0 Å². The Kier molecular flexibility index (Phi) is 11.8. The molecule has 13 nitrogen and oxygen atoms in total. The van der Waals surface area contributed by atoms with Gasteiger partial charge < -0.3 is 42.7 Å². The van der Waals surface area contributed by atoms with E-state index in [4.69, 9.17) is 16.6 Å². The van der Waals surface area contributed by atoms with Crippen LogP contribution in [-0.2, 0) is 24.0 Å². The second kappa shape index (κ2) is 12.9. The molecule has 0 saturated heterocycles. The summed E-state index contributed by atoms with van der Waals surface area (Å²) in [5.74, 6) is -5.15. The molecule has 0 aromatic carbocycles. The van der Waals surface area contributed by atoms with E-state index in [1.165, 1.54) is 6.92 Å². The summed E-state index contributed by atoms with van der Waals surface area (Å²) in [6.07, 6.45) is -1.67. The molecule has 4 amide bonds. The number of primary amides is 1. The van der Waals surface area contributed by atoms with Gasteiger partial charge in [-0.3, -0.25) is 19.2 Å². The van der Waals surface area contributed by atoms with Crippen LogP contribution in [0.25, 0.3) is 0 Å². The zero-order valence-electron chi connectivity index (χ0n) is 15.7. The molecule has 0 aromatic rings. The predicted molar refractivity (Wildman–Crippen MR) is 102 cm³/mol. The maximum absolute atomic E-state index is 12.3. The Bertz CT molecular complexity index is 618. The fourth-order valence-electron chi connectivity index (χ4n) is 2.01. The molecular weight excluding hydrogens is 410 g/mol. The topological polar surface area (TPSA) is 234 Å². The van der Waals surface area contributed by atoms with Crippen molar-refractivity contribution in [2.24, 2.45) is 11.5 Å². The van der Waals surface area contributed by atoms with Crippen molar-refractivity contribution in [1.82, 2.24) is 16.0 Å². The minimum absolute atomic E-state index is 0.0834. The van der Waals surface area contributed by atoms with Gasteiger partial charge in [0.25, 0.3) is 0 Å². The van der Waals surface area contributed by atoms with Crippen LogP contribution < -0.4 is 27.4 Å². The first-order chi connectivity index (χ1) is 13.4. The number of nitrogens with two attached hydrogens (primary N) is 2. The molecule has 0 aliphatic rings. The molecule has 0 radical (unpaired) electrons. The summed E-state index contributed by atoms with van der Waals surface area (Å²) in [6, 6.07) is -5.62. The van der Waals surface area contributed by atoms with Gasteiger partial charge >= 0.3 is 5.97 Å². The van der Waals surface area contributed by atoms with Crippen molar-refractivity contribution in [3.63, 3.8) is 0 Å². The lowest BCUT2D eigenvalue weighted by atomic mass is 10.1. The minimum Gasteiger partial charge on any atom is -0.480 e. The summed E-state index contributed by atoms with van der Waals surface area (Å²) in [5, 5.41) is 34.4. The quantitative estimate of drug-likeness (QED) is 0.126. The van der Waals surface area contributed by atoms with Gasteiger partial charge in [0.1, 0.15) is 18.1 Å². The highest BCUT2D eigenvalue weighted by Gasteiger charge is 2.32. The maximum atomic E-state index is 12.3. The minimum atomic E-state index is -1.57. The fraction of sp³-hybridized carbons (Fsp3) is 0.667. The molecule has 5 atom stereocenters. The fourth-order valence-corrected chi connectivity index (χ4v) is 2.26. The summed E-state index contributed by atoms with van der Waals surface area (Å²) < 4.78 is 0. The number of hydrogen-bond donors (Lipinski definition) is 9. The highest BCUT2D eigenvalue weighted by Crippen LogP contribution is 1.99. The van der Waals surface area contributed by atoms with Crippen molar-refractivity contribution in [1.29, 1.82) is 0 Å². The van der Waals surface area contributed by atoms with Crippen LogP contribution in [0.1, 0.15) is 19.8 Å². The maximum Gasteiger partial charge on any atom is 0.327 e. The third kappa shape index (κ3) is 9.56. The van der Waals surface area contributed by atoms with Crippen molar-refractivity contribution < 1.29 is 39.3 Å². The number of thiol groups is 1. The van der Waals surface area contributed by atoms with Crippen molar-refractivity contribution in [2.75, 3.05) is 12.4 Å². The van der Waals surface area contributed by atoms with Crippen LogP contribution in [0.15, 0.2) is 0 Å². The van der Waals surface area contributed by atoms with Crippen molar-refractivity contribution in [3.05, 3.63) is 0 Å². The molecule has 0 spiro atoms. The van der Waals surface area contributed by atoms with Crippen LogP contribution in [0.5, 0.6) is 0 Å². The normalized spacial score (nSPS) is 15.9. The molecule has 0 aliphatic heterocycles. The molecule has 0 heterocycles. The number of hydrogen-bond acceptors (Lipinski definition) is 9. The van der Waals surface area contributed by atoms with Gasteiger partial charge in [-0.1, -0.05) is 0 Å². The van der Waals surface area contributed by atoms with Gasteiger partial charge in [0.15, 0.2) is 0 Å². The Labute approximate surface area is 172 Å². The van der Waals surface area contributed by atoms with Gasteiger partial charge in [0.2, 0.25) is 23.6 Å². The van der Waals surface area contributed by atoms with E-state index in [0.717, 1.165) is 0 Å². The Morgan fingerprint density at radius 2 is 1.55 bits per heavy atom. The van der Waals surface area contributed by atoms with Gasteiger partial charge in [0, 0.05) is 12.2 Å². The highest BCUT2D eigenvalue weighted by atomic mass is 32.1. The first-order valence-corrected chi connectivity index (χ1v) is 9.15. The second-order valence-corrected chi connectivity index (χ2v) is 6.53. The van der Waals surface area contributed by atoms with Gasteiger partial charge in [-0.25, -0.2) is 4.79 Å². The lowest BCUT2D eigenvalue weighted by molar-refractivity contribution is -0.142. The molecule has 0 aliphatic carbocycles. The number of carbonyl (C=O) groups is 5. The molecule has 0 saturated carbocycles. The van der Waals surface area contributed by atoms with E-state index < -0.39 is 66.5 Å². The third-order valence-electron chi connectivity index (χ3n) is 3.71. The van der Waals surface area contributed by atoms with Crippen LogP contribution in [0.2, 0.25) is 0 Å². The molecule has 5 unspecified atom stereocenters. The largest absolute Gasteiger partial charge is 0.480 e. The summed E-state index contributed by atoms with van der Waals surface area (Å²) in [4.78, 5) is 58.1. The van der Waals surface area contributed by atoms with Gasteiger partial charge in [-0.15, -0.1) is 0 Å². The number of carboxylic acid groups (broad SMARTS) is 1. The molecule has 14 heteroatoms. The standard InChI is InChI=1S/C15H27N5O8S/c1-6(22)11(14(26)19-9(5-29)15(27)28)20-13(25)8(4-21)18-12(24)7(16)2-3-10(17)23/h6-9,11,21-22,29H,2-5,16H2,1H3,(H2,17,23)(H,18,24)(H,19,26)(H,20,25)(H,27,28). The molecule has 10 N–H and O–H groups in total. The van der Waals surface area contributed by atoms with E-state index in [2.05, 4.69) is 28.6 Å². The first-order valence-electron chi connectivity index (χ1n) is 8.52. The van der Waals surface area contributed by atoms with Crippen LogP contribution in [-0.4, -0.2) is 87.5 Å². The summed E-state index contributed by atoms with van der Waals surface area (Å²) in [6.45, 7) is 0.315. The van der Waals surface area contributed by atoms with E-state index in [1.54, 1.807) is 0 Å². The van der Waals surface area contributed by atoms with E-state index in [-0.39, 0.29) is 18.6 Å². The zero-order chi connectivity index (χ0) is 22.7. The van der Waals surface area contributed by atoms with Crippen LogP contribution in [0, 0.1) is 0 Å². The lowest BCUT2D eigenvalue weighted by Crippen LogP contribution is -2.60. The molecule has 166 valence electrons. The smallest absolute Gasteiger partial charge is 0.327 e. The molecule has 0 rings (SSSR count). The predicted octanol–water partition coefficient (Wildman–Crippen LogP) is -4.58. The number of rotatable bonds is 13. The van der Waals surface area contributed by atoms with Gasteiger partial charge in [-0.2, -0.15) is 12.6 Å². The number of nitrogens with one attached hydrogen (secondary N) is 3.